The SMILES string of the molecule is O=C1c2ccccc2O[C@H](c2ccccc2)[C@]12N=NC[C@@H]2c1ccc(Cl)cc1. The van der Waals surface area contributed by atoms with Gasteiger partial charge in [-0.2, -0.15) is 10.2 Å². The summed E-state index contributed by atoms with van der Waals surface area (Å²) in [6.07, 6.45) is -0.553. The number of azo groups is 1. The van der Waals surface area contributed by atoms with Gasteiger partial charge in [-0.05, 0) is 35.4 Å². The molecule has 0 N–H and O–H groups in total. The zero-order chi connectivity index (χ0) is 19.1. The molecular formula is C23H17ClN2O2. The molecule has 5 heteroatoms. The van der Waals surface area contributed by atoms with Crippen LogP contribution in [0, 0.1) is 0 Å². The number of hydrogen-bond donors (Lipinski definition) is 0. The van der Waals surface area contributed by atoms with Crippen molar-refractivity contribution < 1.29 is 9.53 Å². The summed E-state index contributed by atoms with van der Waals surface area (Å²) in [5.41, 5.74) is 1.30. The van der Waals surface area contributed by atoms with Crippen molar-refractivity contribution in [2.75, 3.05) is 6.54 Å². The fourth-order valence-corrected chi connectivity index (χ4v) is 4.33. The Bertz CT molecular complexity index is 1070. The highest BCUT2D eigenvalue weighted by molar-refractivity contribution is 6.30. The summed E-state index contributed by atoms with van der Waals surface area (Å²) >= 11 is 6.08. The fraction of sp³-hybridized carbons (Fsp3) is 0.174. The number of ether oxygens (including phenoxy) is 1. The van der Waals surface area contributed by atoms with Crippen molar-refractivity contribution in [2.24, 2.45) is 10.2 Å². The van der Waals surface area contributed by atoms with Gasteiger partial charge in [-0.3, -0.25) is 4.79 Å². The summed E-state index contributed by atoms with van der Waals surface area (Å²) < 4.78 is 6.40. The Morgan fingerprint density at radius 2 is 1.61 bits per heavy atom. The summed E-state index contributed by atoms with van der Waals surface area (Å²) in [6, 6.07) is 24.7. The molecule has 0 aromatic heterocycles. The first-order valence-electron chi connectivity index (χ1n) is 9.20. The van der Waals surface area contributed by atoms with Gasteiger partial charge in [0.1, 0.15) is 5.75 Å². The first-order chi connectivity index (χ1) is 13.7. The van der Waals surface area contributed by atoms with Gasteiger partial charge in [0.25, 0.3) is 0 Å². The number of hydrogen-bond acceptors (Lipinski definition) is 4. The molecule has 0 radical (unpaired) electrons. The van der Waals surface area contributed by atoms with Crippen molar-refractivity contribution in [2.45, 2.75) is 17.6 Å². The third kappa shape index (κ3) is 2.49. The second-order valence-electron chi connectivity index (χ2n) is 7.09. The van der Waals surface area contributed by atoms with Gasteiger partial charge in [0, 0.05) is 10.9 Å². The van der Waals surface area contributed by atoms with Gasteiger partial charge >= 0.3 is 0 Å². The Morgan fingerprint density at radius 3 is 2.39 bits per heavy atom. The van der Waals surface area contributed by atoms with Crippen LogP contribution in [0.2, 0.25) is 5.02 Å². The molecular weight excluding hydrogens is 372 g/mol. The third-order valence-corrected chi connectivity index (χ3v) is 5.80. The van der Waals surface area contributed by atoms with Crippen LogP contribution in [-0.2, 0) is 0 Å². The average Bonchev–Trinajstić information content (AvgIpc) is 3.17. The standard InChI is InChI=1S/C23H17ClN2O2/c24-17-12-10-15(11-13-17)19-14-25-26-23(19)21(27)18-8-4-5-9-20(18)28-22(23)16-6-2-1-3-7-16/h1-13,19,22H,14H2/t19-,22-,23-/m1/s1. The lowest BCUT2D eigenvalue weighted by Crippen LogP contribution is -2.51. The van der Waals surface area contributed by atoms with Crippen LogP contribution in [0.1, 0.15) is 33.5 Å². The number of benzene rings is 3. The summed E-state index contributed by atoms with van der Waals surface area (Å²) in [5, 5.41) is 9.55. The van der Waals surface area contributed by atoms with Crippen LogP contribution in [-0.4, -0.2) is 17.9 Å². The maximum Gasteiger partial charge on any atom is 0.200 e. The van der Waals surface area contributed by atoms with Crippen LogP contribution < -0.4 is 4.74 Å². The van der Waals surface area contributed by atoms with Crippen LogP contribution in [0.3, 0.4) is 0 Å². The molecule has 2 heterocycles. The molecule has 2 aliphatic rings. The first kappa shape index (κ1) is 17.1. The largest absolute Gasteiger partial charge is 0.482 e. The van der Waals surface area contributed by atoms with E-state index >= 15 is 0 Å². The number of para-hydroxylation sites is 1. The Labute approximate surface area is 167 Å². The molecule has 5 rings (SSSR count). The third-order valence-electron chi connectivity index (χ3n) is 5.55. The first-order valence-corrected chi connectivity index (χ1v) is 9.57. The Hall–Kier alpha value is -2.98. The van der Waals surface area contributed by atoms with Crippen LogP contribution >= 0.6 is 11.6 Å². The van der Waals surface area contributed by atoms with Crippen molar-refractivity contribution in [1.82, 2.24) is 0 Å². The molecule has 0 amide bonds. The van der Waals surface area contributed by atoms with Gasteiger partial charge in [0.2, 0.25) is 5.78 Å². The second kappa shape index (κ2) is 6.57. The fourth-order valence-electron chi connectivity index (χ4n) is 4.20. The van der Waals surface area contributed by atoms with Gasteiger partial charge < -0.3 is 4.74 Å². The van der Waals surface area contributed by atoms with E-state index in [0.717, 1.165) is 11.1 Å². The summed E-state index contributed by atoms with van der Waals surface area (Å²) in [4.78, 5) is 13.8. The molecule has 3 atom stereocenters. The van der Waals surface area contributed by atoms with Crippen molar-refractivity contribution in [1.29, 1.82) is 0 Å². The normalized spacial score (nSPS) is 25.5. The number of carbonyl (C=O) groups is 1. The van der Waals surface area contributed by atoms with Gasteiger partial charge in [-0.1, -0.05) is 66.2 Å². The van der Waals surface area contributed by atoms with Crippen molar-refractivity contribution in [3.63, 3.8) is 0 Å². The molecule has 0 aliphatic carbocycles. The molecule has 0 unspecified atom stereocenters. The monoisotopic (exact) mass is 388 g/mol. The Kier molecular flexibility index (Phi) is 4.02. The molecule has 0 saturated heterocycles. The summed E-state index contributed by atoms with van der Waals surface area (Å²) in [6.45, 7) is 0.433. The lowest BCUT2D eigenvalue weighted by atomic mass is 9.69. The van der Waals surface area contributed by atoms with Crippen LogP contribution in [0.25, 0.3) is 0 Å². The highest BCUT2D eigenvalue weighted by Gasteiger charge is 2.60. The minimum absolute atomic E-state index is 0.0515. The van der Waals surface area contributed by atoms with Crippen molar-refractivity contribution >= 4 is 17.4 Å². The predicted octanol–water partition coefficient (Wildman–Crippen LogP) is 5.64. The van der Waals surface area contributed by atoms with Crippen LogP contribution in [0.4, 0.5) is 0 Å². The minimum Gasteiger partial charge on any atom is -0.482 e. The van der Waals surface area contributed by atoms with E-state index in [-0.39, 0.29) is 11.7 Å². The van der Waals surface area contributed by atoms with E-state index < -0.39 is 11.6 Å². The smallest absolute Gasteiger partial charge is 0.200 e. The average molecular weight is 389 g/mol. The zero-order valence-corrected chi connectivity index (χ0v) is 15.7. The topological polar surface area (TPSA) is 51.0 Å². The quantitative estimate of drug-likeness (QED) is 0.570. The van der Waals surface area contributed by atoms with Crippen LogP contribution in [0.5, 0.6) is 5.75 Å². The second-order valence-corrected chi connectivity index (χ2v) is 7.52. The molecule has 0 saturated carbocycles. The number of carbonyl (C=O) groups excluding carboxylic acids is 1. The number of halogens is 1. The number of fused-ring (bicyclic) bond motifs is 1. The molecule has 3 aromatic carbocycles. The van der Waals surface area contributed by atoms with Gasteiger partial charge in [-0.25, -0.2) is 0 Å². The van der Waals surface area contributed by atoms with Crippen LogP contribution in [0.15, 0.2) is 89.1 Å². The maximum atomic E-state index is 13.8. The number of ketones is 1. The van der Waals surface area contributed by atoms with E-state index in [1.807, 2.05) is 72.8 Å². The molecule has 28 heavy (non-hydrogen) atoms. The van der Waals surface area contributed by atoms with E-state index in [1.54, 1.807) is 6.07 Å². The Morgan fingerprint density at radius 1 is 0.893 bits per heavy atom. The van der Waals surface area contributed by atoms with E-state index in [0.29, 0.717) is 22.9 Å². The van der Waals surface area contributed by atoms with Crippen molar-refractivity contribution in [3.05, 3.63) is 101 Å². The zero-order valence-electron chi connectivity index (χ0n) is 15.0. The molecule has 0 bridgehead atoms. The van der Waals surface area contributed by atoms with E-state index in [9.17, 15) is 4.79 Å². The van der Waals surface area contributed by atoms with E-state index in [1.165, 1.54) is 0 Å². The molecule has 2 aliphatic heterocycles. The number of rotatable bonds is 2. The predicted molar refractivity (Wildman–Crippen MR) is 107 cm³/mol. The van der Waals surface area contributed by atoms with E-state index in [4.69, 9.17) is 16.3 Å². The number of Topliss-reactive ketones (excluding diaryl/α,β-unsaturated/α-hetero) is 1. The van der Waals surface area contributed by atoms with E-state index in [2.05, 4.69) is 10.2 Å². The van der Waals surface area contributed by atoms with Gasteiger partial charge in [-0.15, -0.1) is 0 Å². The molecule has 138 valence electrons. The Balaban J connectivity index is 1.72. The number of nitrogens with zero attached hydrogens (tertiary/aromatic N) is 2. The van der Waals surface area contributed by atoms with Gasteiger partial charge in [0.05, 0.1) is 12.1 Å². The lowest BCUT2D eigenvalue weighted by Gasteiger charge is -2.41. The van der Waals surface area contributed by atoms with Crippen molar-refractivity contribution in [3.8, 4) is 5.75 Å². The summed E-state index contributed by atoms with van der Waals surface area (Å²) in [5.74, 6) is 0.309. The molecule has 1 spiro atoms. The molecule has 0 fully saturated rings. The highest BCUT2D eigenvalue weighted by Crippen LogP contribution is 2.52. The van der Waals surface area contributed by atoms with Gasteiger partial charge in [0.15, 0.2) is 11.6 Å². The highest BCUT2D eigenvalue weighted by atomic mass is 35.5. The molecule has 4 nitrogen and oxygen atoms in total. The molecule has 3 aromatic rings. The lowest BCUT2D eigenvalue weighted by molar-refractivity contribution is 0.0521. The minimum atomic E-state index is -1.14. The summed E-state index contributed by atoms with van der Waals surface area (Å²) in [7, 11) is 0. The maximum absolute atomic E-state index is 13.8.